The first-order valence-electron chi connectivity index (χ1n) is 6.09. The molecular formula is C13H16F3N3O2. The minimum absolute atomic E-state index is 0.0280. The maximum Gasteiger partial charge on any atom is 0.408 e. The Labute approximate surface area is 120 Å². The molecule has 0 bridgehead atoms. The van der Waals surface area contributed by atoms with Crippen LogP contribution in [0.2, 0.25) is 0 Å². The summed E-state index contributed by atoms with van der Waals surface area (Å²) in [5, 5.41) is 4.07. The lowest BCUT2D eigenvalue weighted by atomic mass is 10.1. The number of likely N-dealkylation sites (N-methyl/N-ethyl adjacent to an activating group) is 1. The molecule has 0 aromatic heterocycles. The second-order valence-electron chi connectivity index (χ2n) is 4.40. The summed E-state index contributed by atoms with van der Waals surface area (Å²) >= 11 is 0. The third kappa shape index (κ3) is 5.07. The van der Waals surface area contributed by atoms with Crippen molar-refractivity contribution >= 4 is 11.9 Å². The average Bonchev–Trinajstić information content (AvgIpc) is 2.37. The molecule has 0 saturated heterocycles. The summed E-state index contributed by atoms with van der Waals surface area (Å²) in [5.41, 5.74) is 0.0280. The molecule has 0 spiro atoms. The van der Waals surface area contributed by atoms with E-state index in [4.69, 9.17) is 0 Å². The maximum absolute atomic E-state index is 13.2. The van der Waals surface area contributed by atoms with E-state index in [-0.39, 0.29) is 5.56 Å². The lowest BCUT2D eigenvalue weighted by Gasteiger charge is -2.29. The van der Waals surface area contributed by atoms with Gasteiger partial charge < -0.3 is 5.32 Å². The van der Waals surface area contributed by atoms with Crippen molar-refractivity contribution in [3.63, 3.8) is 0 Å². The largest absolute Gasteiger partial charge is 0.408 e. The number of amides is 3. The highest BCUT2D eigenvalue weighted by Crippen LogP contribution is 2.36. The molecule has 3 amide bonds. The van der Waals surface area contributed by atoms with Gasteiger partial charge in [-0.15, -0.1) is 0 Å². The van der Waals surface area contributed by atoms with Crippen LogP contribution in [0.1, 0.15) is 11.6 Å². The van der Waals surface area contributed by atoms with Crippen molar-refractivity contribution in [2.75, 3.05) is 20.6 Å². The first-order valence-corrected chi connectivity index (χ1v) is 6.09. The van der Waals surface area contributed by atoms with Gasteiger partial charge in [-0.05, 0) is 12.6 Å². The van der Waals surface area contributed by atoms with Gasteiger partial charge in [-0.3, -0.25) is 15.0 Å². The number of alkyl halides is 3. The van der Waals surface area contributed by atoms with Crippen molar-refractivity contribution in [1.82, 2.24) is 15.5 Å². The second kappa shape index (κ2) is 7.07. The molecule has 2 N–H and O–H groups in total. The normalized spacial score (nSPS) is 12.9. The summed E-state index contributed by atoms with van der Waals surface area (Å²) in [6, 6.07) is 4.58. The van der Waals surface area contributed by atoms with Gasteiger partial charge in [-0.1, -0.05) is 30.3 Å². The van der Waals surface area contributed by atoms with E-state index in [1.807, 2.05) is 5.32 Å². The minimum Gasteiger partial charge on any atom is -0.341 e. The zero-order valence-electron chi connectivity index (χ0n) is 11.6. The molecule has 1 unspecified atom stereocenters. The number of benzene rings is 1. The van der Waals surface area contributed by atoms with Crippen LogP contribution in [-0.4, -0.2) is 43.7 Å². The van der Waals surface area contributed by atoms with Gasteiger partial charge in [0.25, 0.3) is 0 Å². The second-order valence-corrected chi connectivity index (χ2v) is 4.40. The van der Waals surface area contributed by atoms with E-state index in [1.54, 1.807) is 6.07 Å². The highest BCUT2D eigenvalue weighted by Gasteiger charge is 2.43. The standard InChI is InChI=1S/C13H16F3N3O2/c1-17-12(21)18-10(20)8-19(2)11(13(14,15)16)9-6-4-3-5-7-9/h3-7,11H,8H2,1-2H3,(H2,17,18,20,21). The van der Waals surface area contributed by atoms with E-state index in [1.165, 1.54) is 38.4 Å². The van der Waals surface area contributed by atoms with Crippen LogP contribution in [0.5, 0.6) is 0 Å². The van der Waals surface area contributed by atoms with Gasteiger partial charge in [0.1, 0.15) is 6.04 Å². The fraction of sp³-hybridized carbons (Fsp3) is 0.385. The Balaban J connectivity index is 2.85. The molecule has 0 radical (unpaired) electrons. The van der Waals surface area contributed by atoms with E-state index in [0.29, 0.717) is 0 Å². The van der Waals surface area contributed by atoms with Gasteiger partial charge in [-0.2, -0.15) is 13.2 Å². The monoisotopic (exact) mass is 303 g/mol. The third-order valence-electron chi connectivity index (χ3n) is 2.74. The molecule has 8 heteroatoms. The van der Waals surface area contributed by atoms with Gasteiger partial charge in [-0.25, -0.2) is 4.79 Å². The third-order valence-corrected chi connectivity index (χ3v) is 2.74. The maximum atomic E-state index is 13.2. The SMILES string of the molecule is CNC(=O)NC(=O)CN(C)C(c1ccccc1)C(F)(F)F. The number of rotatable bonds is 4. The molecule has 0 saturated carbocycles. The molecule has 1 aromatic carbocycles. The van der Waals surface area contributed by atoms with Crippen LogP contribution in [0, 0.1) is 0 Å². The Morgan fingerprint density at radius 3 is 2.29 bits per heavy atom. The highest BCUT2D eigenvalue weighted by atomic mass is 19.4. The molecule has 116 valence electrons. The van der Waals surface area contributed by atoms with Gasteiger partial charge in [0.15, 0.2) is 0 Å². The van der Waals surface area contributed by atoms with Gasteiger partial charge in [0.2, 0.25) is 5.91 Å². The van der Waals surface area contributed by atoms with Gasteiger partial charge in [0.05, 0.1) is 6.54 Å². The van der Waals surface area contributed by atoms with Crippen LogP contribution in [0.4, 0.5) is 18.0 Å². The van der Waals surface area contributed by atoms with E-state index < -0.39 is 30.7 Å². The zero-order valence-corrected chi connectivity index (χ0v) is 11.6. The number of nitrogens with zero attached hydrogens (tertiary/aromatic N) is 1. The van der Waals surface area contributed by atoms with Crippen LogP contribution in [0.3, 0.4) is 0 Å². The van der Waals surface area contributed by atoms with Gasteiger partial charge in [0, 0.05) is 7.05 Å². The van der Waals surface area contributed by atoms with Crippen LogP contribution in [-0.2, 0) is 4.79 Å². The number of carbonyl (C=O) groups is 2. The summed E-state index contributed by atoms with van der Waals surface area (Å²) < 4.78 is 39.5. The highest BCUT2D eigenvalue weighted by molar-refractivity contribution is 5.95. The molecule has 0 aliphatic carbocycles. The smallest absolute Gasteiger partial charge is 0.341 e. The van der Waals surface area contributed by atoms with Crippen LogP contribution in [0.25, 0.3) is 0 Å². The molecule has 0 heterocycles. The average molecular weight is 303 g/mol. The minimum atomic E-state index is -4.54. The summed E-state index contributed by atoms with van der Waals surface area (Å²) in [7, 11) is 2.48. The topological polar surface area (TPSA) is 61.4 Å². The molecule has 1 rings (SSSR count). The number of halogens is 3. The van der Waals surface area contributed by atoms with Gasteiger partial charge >= 0.3 is 12.2 Å². The number of urea groups is 1. The molecule has 1 aromatic rings. The quantitative estimate of drug-likeness (QED) is 0.889. The number of nitrogens with one attached hydrogen (secondary N) is 2. The molecule has 0 aliphatic rings. The summed E-state index contributed by atoms with van der Waals surface area (Å²) in [4.78, 5) is 23.3. The fourth-order valence-electron chi connectivity index (χ4n) is 1.88. The zero-order chi connectivity index (χ0) is 16.0. The lowest BCUT2D eigenvalue weighted by Crippen LogP contribution is -2.45. The van der Waals surface area contributed by atoms with Crippen molar-refractivity contribution in [2.45, 2.75) is 12.2 Å². The van der Waals surface area contributed by atoms with E-state index in [9.17, 15) is 22.8 Å². The Bertz CT molecular complexity index is 491. The first kappa shape index (κ1) is 17.0. The molecule has 0 aliphatic heterocycles. The number of hydrogen-bond donors (Lipinski definition) is 2. The summed E-state index contributed by atoms with van der Waals surface area (Å²) in [5.74, 6) is -0.818. The predicted molar refractivity (Wildman–Crippen MR) is 70.5 cm³/mol. The van der Waals surface area contributed by atoms with Crippen molar-refractivity contribution in [2.24, 2.45) is 0 Å². The number of hydrogen-bond acceptors (Lipinski definition) is 3. The number of carbonyl (C=O) groups excluding carboxylic acids is 2. The van der Waals surface area contributed by atoms with Crippen molar-refractivity contribution in [1.29, 1.82) is 0 Å². The molecule has 21 heavy (non-hydrogen) atoms. The molecule has 1 atom stereocenters. The van der Waals surface area contributed by atoms with Crippen LogP contribution in [0.15, 0.2) is 30.3 Å². The van der Waals surface area contributed by atoms with E-state index in [2.05, 4.69) is 5.32 Å². The fourth-order valence-corrected chi connectivity index (χ4v) is 1.88. The Morgan fingerprint density at radius 2 is 1.81 bits per heavy atom. The summed E-state index contributed by atoms with van der Waals surface area (Å²) in [6.45, 7) is -0.563. The first-order chi connectivity index (χ1) is 9.75. The molecular weight excluding hydrogens is 287 g/mol. The van der Waals surface area contributed by atoms with Crippen LogP contribution < -0.4 is 10.6 Å². The van der Waals surface area contributed by atoms with Crippen LogP contribution >= 0.6 is 0 Å². The Morgan fingerprint density at radius 1 is 1.24 bits per heavy atom. The van der Waals surface area contributed by atoms with E-state index >= 15 is 0 Å². The molecule has 0 fully saturated rings. The van der Waals surface area contributed by atoms with E-state index in [0.717, 1.165) is 4.90 Å². The van der Waals surface area contributed by atoms with Crippen molar-refractivity contribution in [3.8, 4) is 0 Å². The Kier molecular flexibility index (Phi) is 5.71. The van der Waals surface area contributed by atoms with Crippen molar-refractivity contribution in [3.05, 3.63) is 35.9 Å². The summed E-state index contributed by atoms with van der Waals surface area (Å²) in [6.07, 6.45) is -4.54. The van der Waals surface area contributed by atoms with Crippen molar-refractivity contribution < 1.29 is 22.8 Å². The predicted octanol–water partition coefficient (Wildman–Crippen LogP) is 1.68. The lowest BCUT2D eigenvalue weighted by molar-refractivity contribution is -0.183. The number of imide groups is 1. The molecule has 5 nitrogen and oxygen atoms in total. The Hall–Kier alpha value is -2.09.